The number of fused-ring (bicyclic) bond motifs is 1. The van der Waals surface area contributed by atoms with Crippen LogP contribution in [0.15, 0.2) is 0 Å². The minimum atomic E-state index is 0.254. The SMILES string of the molecule is O=C1CC2C3CCC4C(CCCC142)C3. The molecule has 0 amide bonds. The second-order valence-corrected chi connectivity index (χ2v) is 6.11. The molecular weight excluding hydrogens is 172 g/mol. The zero-order valence-corrected chi connectivity index (χ0v) is 8.67. The molecule has 14 heavy (non-hydrogen) atoms. The number of carbonyl (C=O) groups is 1. The van der Waals surface area contributed by atoms with E-state index in [0.29, 0.717) is 5.78 Å². The van der Waals surface area contributed by atoms with E-state index in [9.17, 15) is 4.79 Å². The van der Waals surface area contributed by atoms with Crippen molar-refractivity contribution in [3.05, 3.63) is 0 Å². The highest BCUT2D eigenvalue weighted by molar-refractivity contribution is 5.92. The highest BCUT2D eigenvalue weighted by atomic mass is 16.1. The van der Waals surface area contributed by atoms with Gasteiger partial charge in [0.05, 0.1) is 0 Å². The average molecular weight is 190 g/mol. The van der Waals surface area contributed by atoms with Gasteiger partial charge in [0, 0.05) is 11.8 Å². The Labute approximate surface area is 85.3 Å². The van der Waals surface area contributed by atoms with Gasteiger partial charge in [0.15, 0.2) is 0 Å². The van der Waals surface area contributed by atoms with E-state index >= 15 is 0 Å². The summed E-state index contributed by atoms with van der Waals surface area (Å²) < 4.78 is 0. The number of ketones is 1. The summed E-state index contributed by atoms with van der Waals surface area (Å²) in [5.74, 6) is 4.21. The van der Waals surface area contributed by atoms with E-state index in [2.05, 4.69) is 0 Å². The van der Waals surface area contributed by atoms with Gasteiger partial charge in [-0.25, -0.2) is 0 Å². The van der Waals surface area contributed by atoms with Gasteiger partial charge in [0.25, 0.3) is 0 Å². The molecule has 0 heterocycles. The fourth-order valence-electron chi connectivity index (χ4n) is 5.55. The first-order valence-corrected chi connectivity index (χ1v) is 6.35. The van der Waals surface area contributed by atoms with Crippen LogP contribution in [0.1, 0.15) is 44.9 Å². The molecule has 4 bridgehead atoms. The first-order chi connectivity index (χ1) is 6.82. The lowest BCUT2D eigenvalue weighted by Crippen LogP contribution is -2.66. The molecule has 1 spiro atoms. The van der Waals surface area contributed by atoms with Gasteiger partial charge < -0.3 is 0 Å². The third-order valence-corrected chi connectivity index (χ3v) is 6.01. The molecule has 0 aromatic carbocycles. The predicted octanol–water partition coefficient (Wildman–Crippen LogP) is 2.79. The summed E-state index contributed by atoms with van der Waals surface area (Å²) in [5, 5.41) is 0. The van der Waals surface area contributed by atoms with Crippen LogP contribution >= 0.6 is 0 Å². The summed E-state index contributed by atoms with van der Waals surface area (Å²) in [6.45, 7) is 0. The Hall–Kier alpha value is -0.330. The largest absolute Gasteiger partial charge is 0.299 e. The molecule has 1 heteroatoms. The van der Waals surface area contributed by atoms with Gasteiger partial charge in [-0.3, -0.25) is 4.79 Å². The summed E-state index contributed by atoms with van der Waals surface area (Å²) in [5.41, 5.74) is 0.254. The van der Waals surface area contributed by atoms with Crippen molar-refractivity contribution in [1.82, 2.24) is 0 Å². The highest BCUT2D eigenvalue weighted by Gasteiger charge is 2.67. The van der Waals surface area contributed by atoms with E-state index in [4.69, 9.17) is 0 Å². The third kappa shape index (κ3) is 0.637. The van der Waals surface area contributed by atoms with E-state index in [1.807, 2.05) is 0 Å². The van der Waals surface area contributed by atoms with E-state index in [-0.39, 0.29) is 5.41 Å². The molecule has 5 saturated carbocycles. The summed E-state index contributed by atoms with van der Waals surface area (Å²) in [6, 6.07) is 0. The Balaban J connectivity index is 1.84. The maximum atomic E-state index is 12.0. The number of Topliss-reactive ketones (excluding diaryl/α,β-unsaturated/α-hetero) is 1. The quantitative estimate of drug-likeness (QED) is 0.574. The predicted molar refractivity (Wildman–Crippen MR) is 53.7 cm³/mol. The molecule has 5 rings (SSSR count). The highest BCUT2D eigenvalue weighted by Crippen LogP contribution is 2.70. The molecule has 5 aliphatic carbocycles. The summed E-state index contributed by atoms with van der Waals surface area (Å²) in [7, 11) is 0. The van der Waals surface area contributed by atoms with Gasteiger partial charge in [0.2, 0.25) is 0 Å². The lowest BCUT2D eigenvalue weighted by molar-refractivity contribution is -0.196. The van der Waals surface area contributed by atoms with Gasteiger partial charge in [-0.05, 0) is 49.4 Å². The Bertz CT molecular complexity index is 306. The van der Waals surface area contributed by atoms with Crippen molar-refractivity contribution in [2.24, 2.45) is 29.1 Å². The van der Waals surface area contributed by atoms with Crippen molar-refractivity contribution in [1.29, 1.82) is 0 Å². The van der Waals surface area contributed by atoms with Gasteiger partial charge >= 0.3 is 0 Å². The maximum absolute atomic E-state index is 12.0. The zero-order chi connectivity index (χ0) is 9.34. The minimum absolute atomic E-state index is 0.254. The van der Waals surface area contributed by atoms with Crippen molar-refractivity contribution >= 4 is 5.78 Å². The van der Waals surface area contributed by atoms with E-state index in [1.165, 1.54) is 38.5 Å². The first kappa shape index (κ1) is 7.90. The van der Waals surface area contributed by atoms with E-state index in [0.717, 1.165) is 30.1 Å². The molecule has 1 nitrogen and oxygen atoms in total. The third-order valence-electron chi connectivity index (χ3n) is 6.01. The Morgan fingerprint density at radius 2 is 1.93 bits per heavy atom. The van der Waals surface area contributed by atoms with Crippen molar-refractivity contribution in [3.63, 3.8) is 0 Å². The molecule has 0 aromatic heterocycles. The van der Waals surface area contributed by atoms with Crippen LogP contribution in [-0.4, -0.2) is 5.78 Å². The van der Waals surface area contributed by atoms with E-state index < -0.39 is 0 Å². The first-order valence-electron chi connectivity index (χ1n) is 6.35. The van der Waals surface area contributed by atoms with Gasteiger partial charge in [-0.15, -0.1) is 0 Å². The maximum Gasteiger partial charge on any atom is 0.139 e. The summed E-state index contributed by atoms with van der Waals surface area (Å²) >= 11 is 0. The van der Waals surface area contributed by atoms with Crippen LogP contribution in [0.2, 0.25) is 0 Å². The van der Waals surface area contributed by atoms with Crippen LogP contribution in [0.25, 0.3) is 0 Å². The number of rotatable bonds is 0. The molecule has 0 aliphatic heterocycles. The van der Waals surface area contributed by atoms with E-state index in [1.54, 1.807) is 0 Å². The van der Waals surface area contributed by atoms with Gasteiger partial charge in [-0.1, -0.05) is 12.8 Å². The topological polar surface area (TPSA) is 17.1 Å². The average Bonchev–Trinajstić information content (AvgIpc) is 2.22. The zero-order valence-electron chi connectivity index (χ0n) is 8.67. The van der Waals surface area contributed by atoms with Gasteiger partial charge in [-0.2, -0.15) is 0 Å². The van der Waals surface area contributed by atoms with Gasteiger partial charge in [0.1, 0.15) is 5.78 Å². The Morgan fingerprint density at radius 1 is 1.07 bits per heavy atom. The molecule has 5 atom stereocenters. The van der Waals surface area contributed by atoms with Crippen LogP contribution in [0.4, 0.5) is 0 Å². The Morgan fingerprint density at radius 3 is 2.71 bits per heavy atom. The molecule has 76 valence electrons. The molecule has 5 unspecified atom stereocenters. The lowest BCUT2D eigenvalue weighted by Gasteiger charge is -2.67. The summed E-state index contributed by atoms with van der Waals surface area (Å²) in [4.78, 5) is 12.0. The fourth-order valence-corrected chi connectivity index (χ4v) is 5.55. The van der Waals surface area contributed by atoms with Crippen molar-refractivity contribution in [2.75, 3.05) is 0 Å². The second-order valence-electron chi connectivity index (χ2n) is 6.11. The number of hydrogen-bond acceptors (Lipinski definition) is 1. The fraction of sp³-hybridized carbons (Fsp3) is 0.923. The van der Waals surface area contributed by atoms with Crippen LogP contribution in [-0.2, 0) is 4.79 Å². The molecule has 0 radical (unpaired) electrons. The molecule has 0 N–H and O–H groups in total. The number of carbonyl (C=O) groups excluding carboxylic acids is 1. The second kappa shape index (κ2) is 2.25. The van der Waals surface area contributed by atoms with Crippen molar-refractivity contribution in [3.8, 4) is 0 Å². The normalized spacial score (nSPS) is 59.3. The van der Waals surface area contributed by atoms with Crippen LogP contribution in [0, 0.1) is 29.1 Å². The smallest absolute Gasteiger partial charge is 0.139 e. The van der Waals surface area contributed by atoms with Crippen LogP contribution < -0.4 is 0 Å². The molecule has 0 aromatic rings. The number of hydrogen-bond donors (Lipinski definition) is 0. The van der Waals surface area contributed by atoms with Crippen LogP contribution in [0.5, 0.6) is 0 Å². The monoisotopic (exact) mass is 190 g/mol. The minimum Gasteiger partial charge on any atom is -0.299 e. The molecular formula is C13H18O. The van der Waals surface area contributed by atoms with Crippen molar-refractivity contribution < 1.29 is 4.79 Å². The standard InChI is InChI=1S/C13H18O/c14-12-7-11-9-3-4-10-8(6-9)2-1-5-13(10,11)12/h8-11H,1-7H2. The van der Waals surface area contributed by atoms with Crippen molar-refractivity contribution in [2.45, 2.75) is 44.9 Å². The molecule has 5 aliphatic rings. The van der Waals surface area contributed by atoms with Crippen LogP contribution in [0.3, 0.4) is 0 Å². The summed E-state index contributed by atoms with van der Waals surface area (Å²) in [6.07, 6.45) is 9.30. The molecule has 5 fully saturated rings. The Kier molecular flexibility index (Phi) is 1.27. The lowest BCUT2D eigenvalue weighted by atomic mass is 9.36. The molecule has 0 saturated heterocycles.